The number of imidazole rings is 1. The van der Waals surface area contributed by atoms with Gasteiger partial charge in [0.1, 0.15) is 17.5 Å². The number of H-pyrrole nitrogens is 2. The van der Waals surface area contributed by atoms with Crippen molar-refractivity contribution < 1.29 is 4.39 Å². The van der Waals surface area contributed by atoms with Crippen LogP contribution in [0.15, 0.2) is 23.0 Å². The molecule has 1 aliphatic rings. The minimum absolute atomic E-state index is 0.145. The average Bonchev–Trinajstić information content (AvgIpc) is 3.17. The third kappa shape index (κ3) is 3.09. The van der Waals surface area contributed by atoms with E-state index in [9.17, 15) is 9.18 Å². The summed E-state index contributed by atoms with van der Waals surface area (Å²) in [7, 11) is 0. The van der Waals surface area contributed by atoms with Crippen molar-refractivity contribution in [3.05, 3.63) is 46.1 Å². The van der Waals surface area contributed by atoms with Gasteiger partial charge >= 0.3 is 5.69 Å². The Hall–Kier alpha value is -2.48. The maximum atomic E-state index is 13.3. The molecule has 1 saturated heterocycles. The number of hydrogen-bond donors (Lipinski definition) is 2. The molecule has 7 nitrogen and oxygen atoms in total. The normalized spacial score (nSPS) is 18.9. The minimum Gasteiger partial charge on any atom is -0.341 e. The summed E-state index contributed by atoms with van der Waals surface area (Å²) in [6, 6.07) is 4.58. The molecule has 3 heterocycles. The molecule has 0 spiro atoms. The van der Waals surface area contributed by atoms with E-state index in [1.165, 1.54) is 12.1 Å². The molecule has 1 aliphatic heterocycles. The Kier molecular flexibility index (Phi) is 4.12. The number of nitrogens with zero attached hydrogens (tertiary/aromatic N) is 4. The van der Waals surface area contributed by atoms with Crippen LogP contribution >= 0.6 is 0 Å². The molecule has 0 aliphatic carbocycles. The summed E-state index contributed by atoms with van der Waals surface area (Å²) in [4.78, 5) is 21.8. The number of fused-ring (bicyclic) bond motifs is 1. The van der Waals surface area contributed by atoms with E-state index < -0.39 is 0 Å². The van der Waals surface area contributed by atoms with Crippen LogP contribution in [0.2, 0.25) is 0 Å². The number of benzene rings is 1. The van der Waals surface area contributed by atoms with Crippen molar-refractivity contribution >= 4 is 11.0 Å². The molecule has 0 radical (unpaired) electrons. The maximum Gasteiger partial charge on any atom is 0.343 e. The maximum absolute atomic E-state index is 13.3. The van der Waals surface area contributed by atoms with Crippen molar-refractivity contribution in [3.63, 3.8) is 0 Å². The first kappa shape index (κ1) is 16.0. The average molecular weight is 344 g/mol. The van der Waals surface area contributed by atoms with Crippen LogP contribution in [0.5, 0.6) is 0 Å². The Bertz CT molecular complexity index is 942. The Labute approximate surface area is 143 Å². The predicted octanol–water partition coefficient (Wildman–Crippen LogP) is 1.99. The van der Waals surface area contributed by atoms with Gasteiger partial charge in [-0.05, 0) is 44.5 Å². The summed E-state index contributed by atoms with van der Waals surface area (Å²) in [5, 5.41) is 6.79. The minimum atomic E-state index is -0.267. The third-order valence-corrected chi connectivity index (χ3v) is 4.84. The van der Waals surface area contributed by atoms with Crippen LogP contribution in [0.1, 0.15) is 37.3 Å². The summed E-state index contributed by atoms with van der Waals surface area (Å²) < 4.78 is 15.0. The number of hydrogen-bond acceptors (Lipinski definition) is 4. The molecular formula is C17H21FN6O. The van der Waals surface area contributed by atoms with Crippen molar-refractivity contribution in [2.75, 3.05) is 13.1 Å². The highest BCUT2D eigenvalue weighted by Crippen LogP contribution is 2.26. The Balaban J connectivity index is 1.51. The Morgan fingerprint density at radius 2 is 2.28 bits per heavy atom. The molecule has 1 atom stereocenters. The second-order valence-electron chi connectivity index (χ2n) is 6.55. The van der Waals surface area contributed by atoms with Crippen molar-refractivity contribution in [2.45, 2.75) is 38.8 Å². The fourth-order valence-corrected chi connectivity index (χ4v) is 3.68. The molecular weight excluding hydrogens is 323 g/mol. The lowest BCUT2D eigenvalue weighted by molar-refractivity contribution is 0.191. The van der Waals surface area contributed by atoms with E-state index in [1.54, 1.807) is 10.6 Å². The molecule has 132 valence electrons. The highest BCUT2D eigenvalue weighted by molar-refractivity contribution is 5.74. The molecule has 2 aromatic heterocycles. The summed E-state index contributed by atoms with van der Waals surface area (Å²) in [6.45, 7) is 5.05. The lowest BCUT2D eigenvalue weighted by atomic mass is 9.97. The molecule has 4 rings (SSSR count). The molecule has 1 aromatic carbocycles. The fraction of sp³-hybridized carbons (Fsp3) is 0.471. The molecule has 3 aromatic rings. The third-order valence-electron chi connectivity index (χ3n) is 4.84. The van der Waals surface area contributed by atoms with Crippen molar-refractivity contribution in [1.29, 1.82) is 0 Å². The molecule has 0 bridgehead atoms. The molecule has 0 amide bonds. The van der Waals surface area contributed by atoms with Gasteiger partial charge in [0.15, 0.2) is 0 Å². The first-order valence-corrected chi connectivity index (χ1v) is 8.65. The first-order chi connectivity index (χ1) is 12.1. The van der Waals surface area contributed by atoms with E-state index >= 15 is 0 Å². The molecule has 0 saturated carbocycles. The zero-order chi connectivity index (χ0) is 17.4. The number of halogens is 1. The monoisotopic (exact) mass is 344 g/mol. The highest BCUT2D eigenvalue weighted by Gasteiger charge is 2.26. The number of rotatable bonds is 4. The van der Waals surface area contributed by atoms with Crippen molar-refractivity contribution in [1.82, 2.24) is 29.6 Å². The van der Waals surface area contributed by atoms with Crippen molar-refractivity contribution in [2.24, 2.45) is 0 Å². The van der Waals surface area contributed by atoms with E-state index in [1.807, 2.05) is 6.92 Å². The first-order valence-electron chi connectivity index (χ1n) is 8.65. The number of piperidine rings is 1. The molecule has 2 N–H and O–H groups in total. The lowest BCUT2D eigenvalue weighted by Gasteiger charge is -2.31. The predicted molar refractivity (Wildman–Crippen MR) is 91.8 cm³/mol. The smallest absolute Gasteiger partial charge is 0.341 e. The van der Waals surface area contributed by atoms with Crippen LogP contribution < -0.4 is 5.69 Å². The SMILES string of the molecule is CCn1c([C@@H]2CCCN(Cc3nc4ccc(F)cc4[nH]3)C2)n[nH]c1=O. The summed E-state index contributed by atoms with van der Waals surface area (Å²) >= 11 is 0. The number of aromatic nitrogens is 5. The summed E-state index contributed by atoms with van der Waals surface area (Å²) in [6.07, 6.45) is 2.07. The number of nitrogens with one attached hydrogen (secondary N) is 2. The second-order valence-corrected chi connectivity index (χ2v) is 6.55. The quantitative estimate of drug-likeness (QED) is 0.758. The molecule has 1 fully saturated rings. The Morgan fingerprint density at radius 3 is 3.12 bits per heavy atom. The van der Waals surface area contributed by atoms with Gasteiger partial charge in [-0.3, -0.25) is 9.47 Å². The van der Waals surface area contributed by atoms with Gasteiger partial charge in [0.2, 0.25) is 0 Å². The van der Waals surface area contributed by atoms with Crippen LogP contribution in [0.4, 0.5) is 4.39 Å². The van der Waals surface area contributed by atoms with E-state index in [2.05, 4.69) is 25.1 Å². The topological polar surface area (TPSA) is 82.6 Å². The lowest BCUT2D eigenvalue weighted by Crippen LogP contribution is -2.35. The molecule has 8 heteroatoms. The standard InChI is InChI=1S/C17H21FN6O/c1-2-24-16(21-22-17(24)25)11-4-3-7-23(9-11)10-15-19-13-6-5-12(18)8-14(13)20-15/h5-6,8,11H,2-4,7,9-10H2,1H3,(H,19,20)(H,22,25)/t11-/m1/s1. The van der Waals surface area contributed by atoms with Gasteiger partial charge in [-0.2, -0.15) is 5.10 Å². The number of aromatic amines is 2. The van der Waals surface area contributed by atoms with Crippen LogP contribution in [0, 0.1) is 5.82 Å². The summed E-state index contributed by atoms with van der Waals surface area (Å²) in [5.41, 5.74) is 1.35. The van der Waals surface area contributed by atoms with Gasteiger partial charge in [0, 0.05) is 19.0 Å². The van der Waals surface area contributed by atoms with Crippen molar-refractivity contribution in [3.8, 4) is 0 Å². The largest absolute Gasteiger partial charge is 0.343 e. The van der Waals surface area contributed by atoms with E-state index in [0.717, 1.165) is 48.6 Å². The van der Waals surface area contributed by atoms with Crippen LogP contribution in [-0.4, -0.2) is 42.7 Å². The van der Waals surface area contributed by atoms with Gasteiger partial charge in [-0.1, -0.05) is 0 Å². The highest BCUT2D eigenvalue weighted by atomic mass is 19.1. The van der Waals surface area contributed by atoms with Gasteiger partial charge in [-0.15, -0.1) is 0 Å². The zero-order valence-electron chi connectivity index (χ0n) is 14.1. The Morgan fingerprint density at radius 1 is 1.40 bits per heavy atom. The van der Waals surface area contributed by atoms with Crippen LogP contribution in [0.3, 0.4) is 0 Å². The van der Waals surface area contributed by atoms with Crippen LogP contribution in [-0.2, 0) is 13.1 Å². The van der Waals surface area contributed by atoms with Gasteiger partial charge in [-0.25, -0.2) is 19.3 Å². The fourth-order valence-electron chi connectivity index (χ4n) is 3.68. The van der Waals surface area contributed by atoms with Gasteiger partial charge in [0.05, 0.1) is 17.6 Å². The molecule has 0 unspecified atom stereocenters. The van der Waals surface area contributed by atoms with E-state index in [-0.39, 0.29) is 17.4 Å². The van der Waals surface area contributed by atoms with E-state index in [4.69, 9.17) is 0 Å². The van der Waals surface area contributed by atoms with Gasteiger partial charge in [0.25, 0.3) is 0 Å². The molecule has 25 heavy (non-hydrogen) atoms. The number of likely N-dealkylation sites (tertiary alicyclic amines) is 1. The zero-order valence-corrected chi connectivity index (χ0v) is 14.1. The van der Waals surface area contributed by atoms with Crippen LogP contribution in [0.25, 0.3) is 11.0 Å². The summed E-state index contributed by atoms with van der Waals surface area (Å²) in [5.74, 6) is 1.63. The van der Waals surface area contributed by atoms with E-state index in [0.29, 0.717) is 13.1 Å². The van der Waals surface area contributed by atoms with Gasteiger partial charge < -0.3 is 4.98 Å². The second kappa shape index (κ2) is 6.44.